The smallest absolute Gasteiger partial charge is 0.00979 e. The van der Waals surface area contributed by atoms with Crippen LogP contribution in [0.15, 0.2) is 36.4 Å². The zero-order valence-electron chi connectivity index (χ0n) is 11.5. The normalized spacial score (nSPS) is 17.8. The van der Waals surface area contributed by atoms with Crippen molar-refractivity contribution in [3.05, 3.63) is 69.8 Å². The van der Waals surface area contributed by atoms with Gasteiger partial charge in [0.1, 0.15) is 0 Å². The number of hydrogen-bond donors (Lipinski definition) is 0. The van der Waals surface area contributed by atoms with Gasteiger partial charge in [-0.25, -0.2) is 0 Å². The monoisotopic (exact) mass is 236 g/mol. The van der Waals surface area contributed by atoms with Gasteiger partial charge in [0, 0.05) is 5.92 Å². The van der Waals surface area contributed by atoms with E-state index in [-0.39, 0.29) is 0 Å². The molecule has 1 atom stereocenters. The molecule has 0 radical (unpaired) electrons. The lowest BCUT2D eigenvalue weighted by molar-refractivity contribution is 0.784. The lowest BCUT2D eigenvalue weighted by Crippen LogP contribution is -2.00. The molecular weight excluding hydrogens is 216 g/mol. The highest BCUT2D eigenvalue weighted by Gasteiger charge is 2.27. The first-order valence-corrected chi connectivity index (χ1v) is 6.83. The van der Waals surface area contributed by atoms with Crippen molar-refractivity contribution < 1.29 is 0 Å². The van der Waals surface area contributed by atoms with Crippen LogP contribution in [0.5, 0.6) is 0 Å². The molecule has 0 amide bonds. The van der Waals surface area contributed by atoms with Crippen LogP contribution in [-0.4, -0.2) is 0 Å². The molecule has 1 aliphatic carbocycles. The topological polar surface area (TPSA) is 0 Å². The van der Waals surface area contributed by atoms with Gasteiger partial charge in [0.25, 0.3) is 0 Å². The van der Waals surface area contributed by atoms with Crippen molar-refractivity contribution in [1.29, 1.82) is 0 Å². The van der Waals surface area contributed by atoms with Crippen molar-refractivity contribution >= 4 is 0 Å². The SMILES string of the molecule is Cc1cc(C)c2c(c1C)CCC2c1ccccc1. The summed E-state index contributed by atoms with van der Waals surface area (Å²) in [7, 11) is 0. The van der Waals surface area contributed by atoms with E-state index < -0.39 is 0 Å². The third-order valence-corrected chi connectivity index (χ3v) is 4.46. The van der Waals surface area contributed by atoms with Crippen molar-refractivity contribution in [2.24, 2.45) is 0 Å². The molecule has 0 fully saturated rings. The van der Waals surface area contributed by atoms with Gasteiger partial charge < -0.3 is 0 Å². The van der Waals surface area contributed by atoms with Crippen LogP contribution in [0.4, 0.5) is 0 Å². The predicted octanol–water partition coefficient (Wildman–Crippen LogP) is 4.69. The lowest BCUT2D eigenvalue weighted by Gasteiger charge is -2.17. The minimum atomic E-state index is 0.612. The molecule has 92 valence electrons. The summed E-state index contributed by atoms with van der Waals surface area (Å²) in [6.45, 7) is 6.78. The van der Waals surface area contributed by atoms with E-state index in [1.54, 1.807) is 11.1 Å². The molecule has 0 nitrogen and oxygen atoms in total. The van der Waals surface area contributed by atoms with E-state index in [1.807, 2.05) is 0 Å². The summed E-state index contributed by atoms with van der Waals surface area (Å²) in [5.74, 6) is 0.612. The maximum absolute atomic E-state index is 2.36. The number of rotatable bonds is 1. The predicted molar refractivity (Wildman–Crippen MR) is 77.3 cm³/mol. The molecule has 0 saturated heterocycles. The first-order valence-electron chi connectivity index (χ1n) is 6.83. The fourth-order valence-electron chi connectivity index (χ4n) is 3.45. The lowest BCUT2D eigenvalue weighted by atomic mass is 9.88. The third kappa shape index (κ3) is 1.68. The van der Waals surface area contributed by atoms with Gasteiger partial charge in [0.05, 0.1) is 0 Å². The van der Waals surface area contributed by atoms with Gasteiger partial charge >= 0.3 is 0 Å². The van der Waals surface area contributed by atoms with Crippen LogP contribution in [0.3, 0.4) is 0 Å². The molecule has 0 N–H and O–H groups in total. The first kappa shape index (κ1) is 11.5. The molecule has 18 heavy (non-hydrogen) atoms. The Morgan fingerprint density at radius 3 is 2.39 bits per heavy atom. The van der Waals surface area contributed by atoms with E-state index in [4.69, 9.17) is 0 Å². The Hall–Kier alpha value is -1.56. The molecule has 1 unspecified atom stereocenters. The van der Waals surface area contributed by atoms with Gasteiger partial charge in [0.2, 0.25) is 0 Å². The number of aryl methyl sites for hydroxylation is 2. The summed E-state index contributed by atoms with van der Waals surface area (Å²) >= 11 is 0. The molecule has 2 aromatic carbocycles. The second-order valence-electron chi connectivity index (χ2n) is 5.53. The fraction of sp³-hybridized carbons (Fsp3) is 0.333. The van der Waals surface area contributed by atoms with Crippen molar-refractivity contribution in [2.45, 2.75) is 39.5 Å². The minimum Gasteiger partial charge on any atom is -0.0622 e. The Labute approximate surface area is 110 Å². The van der Waals surface area contributed by atoms with E-state index in [9.17, 15) is 0 Å². The summed E-state index contributed by atoms with van der Waals surface area (Å²) in [5.41, 5.74) is 9.11. The highest BCUT2D eigenvalue weighted by Crippen LogP contribution is 2.42. The van der Waals surface area contributed by atoms with Gasteiger partial charge in [-0.2, -0.15) is 0 Å². The molecule has 0 aliphatic heterocycles. The number of fused-ring (bicyclic) bond motifs is 1. The summed E-state index contributed by atoms with van der Waals surface area (Å²) in [6.07, 6.45) is 2.51. The molecule has 0 saturated carbocycles. The first-order chi connectivity index (χ1) is 8.68. The average molecular weight is 236 g/mol. The Kier molecular flexibility index (Phi) is 2.74. The maximum atomic E-state index is 2.36. The zero-order chi connectivity index (χ0) is 12.7. The van der Waals surface area contributed by atoms with Crippen molar-refractivity contribution in [1.82, 2.24) is 0 Å². The molecule has 0 aromatic heterocycles. The molecule has 2 aromatic rings. The van der Waals surface area contributed by atoms with Crippen LogP contribution >= 0.6 is 0 Å². The summed E-state index contributed by atoms with van der Waals surface area (Å²) in [5, 5.41) is 0. The Morgan fingerprint density at radius 2 is 1.67 bits per heavy atom. The molecular formula is C18H20. The van der Waals surface area contributed by atoms with E-state index in [2.05, 4.69) is 57.2 Å². The molecule has 1 aliphatic rings. The van der Waals surface area contributed by atoms with Crippen LogP contribution in [0, 0.1) is 20.8 Å². The zero-order valence-corrected chi connectivity index (χ0v) is 11.5. The van der Waals surface area contributed by atoms with Gasteiger partial charge in [-0.05, 0) is 67.0 Å². The van der Waals surface area contributed by atoms with Crippen LogP contribution in [-0.2, 0) is 6.42 Å². The van der Waals surface area contributed by atoms with Gasteiger partial charge in [-0.3, -0.25) is 0 Å². The van der Waals surface area contributed by atoms with Gasteiger partial charge in [-0.15, -0.1) is 0 Å². The molecule has 0 heterocycles. The maximum Gasteiger partial charge on any atom is 0.00979 e. The summed E-state index contributed by atoms with van der Waals surface area (Å²) in [4.78, 5) is 0. The summed E-state index contributed by atoms with van der Waals surface area (Å²) in [6, 6.07) is 13.3. The largest absolute Gasteiger partial charge is 0.0622 e. The van der Waals surface area contributed by atoms with Crippen molar-refractivity contribution in [3.63, 3.8) is 0 Å². The van der Waals surface area contributed by atoms with Crippen LogP contribution in [0.1, 0.15) is 45.7 Å². The van der Waals surface area contributed by atoms with Crippen LogP contribution < -0.4 is 0 Å². The molecule has 0 spiro atoms. The Bertz CT molecular complexity index is 579. The van der Waals surface area contributed by atoms with E-state index >= 15 is 0 Å². The van der Waals surface area contributed by atoms with E-state index in [1.165, 1.54) is 35.1 Å². The van der Waals surface area contributed by atoms with Crippen molar-refractivity contribution in [3.8, 4) is 0 Å². The van der Waals surface area contributed by atoms with Gasteiger partial charge in [-0.1, -0.05) is 36.4 Å². The third-order valence-electron chi connectivity index (χ3n) is 4.46. The minimum absolute atomic E-state index is 0.612. The highest BCUT2D eigenvalue weighted by molar-refractivity contribution is 5.52. The quantitative estimate of drug-likeness (QED) is 0.674. The fourth-order valence-corrected chi connectivity index (χ4v) is 3.45. The number of benzene rings is 2. The van der Waals surface area contributed by atoms with E-state index in [0.717, 1.165) is 0 Å². The van der Waals surface area contributed by atoms with Gasteiger partial charge in [0.15, 0.2) is 0 Å². The number of hydrogen-bond acceptors (Lipinski definition) is 0. The Morgan fingerprint density at radius 1 is 0.944 bits per heavy atom. The van der Waals surface area contributed by atoms with Crippen LogP contribution in [0.2, 0.25) is 0 Å². The second-order valence-corrected chi connectivity index (χ2v) is 5.53. The highest BCUT2D eigenvalue weighted by atomic mass is 14.3. The van der Waals surface area contributed by atoms with Crippen LogP contribution in [0.25, 0.3) is 0 Å². The van der Waals surface area contributed by atoms with E-state index in [0.29, 0.717) is 5.92 Å². The average Bonchev–Trinajstić information content (AvgIpc) is 2.82. The molecule has 0 heteroatoms. The summed E-state index contributed by atoms with van der Waals surface area (Å²) < 4.78 is 0. The Balaban J connectivity index is 2.15. The van der Waals surface area contributed by atoms with Crippen molar-refractivity contribution in [2.75, 3.05) is 0 Å². The second kappa shape index (κ2) is 4.28. The molecule has 0 bridgehead atoms. The standard InChI is InChI=1S/C18H20/c1-12-11-13(2)18-16(14(12)3)9-10-17(18)15-7-5-4-6-8-15/h4-8,11,17H,9-10H2,1-3H3. The molecule has 3 rings (SSSR count).